The second-order valence-corrected chi connectivity index (χ2v) is 6.97. The highest BCUT2D eigenvalue weighted by Gasteiger charge is 2.24. The van der Waals surface area contributed by atoms with E-state index < -0.39 is 6.04 Å². The van der Waals surface area contributed by atoms with E-state index in [0.717, 1.165) is 6.42 Å². The van der Waals surface area contributed by atoms with E-state index in [1.165, 1.54) is 6.08 Å². The number of hydrogen-bond donors (Lipinski definition) is 1. The van der Waals surface area contributed by atoms with Crippen molar-refractivity contribution in [2.75, 3.05) is 11.9 Å². The predicted molar refractivity (Wildman–Crippen MR) is 116 cm³/mol. The average Bonchev–Trinajstić information content (AvgIpc) is 3.05. The molecule has 1 N–H and O–H groups in total. The molecular formula is C22H23ClN4O2. The molecule has 1 aromatic carbocycles. The van der Waals surface area contributed by atoms with E-state index in [-0.39, 0.29) is 11.8 Å². The molecule has 6 nitrogen and oxygen atoms in total. The number of carbonyl (C=O) groups excluding carboxylic acids is 2. The Morgan fingerprint density at radius 1 is 1.21 bits per heavy atom. The SMILES string of the molecule is CCCN(C(=O)/C=C/c1c(Cl)nc2ccccn12)C(C)C(=O)Nc1ccccc1. The van der Waals surface area contributed by atoms with E-state index in [9.17, 15) is 9.59 Å². The van der Waals surface area contributed by atoms with E-state index in [4.69, 9.17) is 11.6 Å². The van der Waals surface area contributed by atoms with Crippen molar-refractivity contribution < 1.29 is 9.59 Å². The van der Waals surface area contributed by atoms with Crippen LogP contribution in [0.2, 0.25) is 5.15 Å². The highest BCUT2D eigenvalue weighted by Crippen LogP contribution is 2.19. The van der Waals surface area contributed by atoms with Gasteiger partial charge in [0.25, 0.3) is 0 Å². The number of rotatable bonds is 7. The Balaban J connectivity index is 1.77. The number of halogens is 1. The lowest BCUT2D eigenvalue weighted by atomic mass is 10.2. The van der Waals surface area contributed by atoms with Crippen LogP contribution < -0.4 is 5.32 Å². The molecular weight excluding hydrogens is 388 g/mol. The van der Waals surface area contributed by atoms with Crippen LogP contribution in [0.3, 0.4) is 0 Å². The Kier molecular flexibility index (Phi) is 6.67. The minimum Gasteiger partial charge on any atom is -0.327 e. The molecule has 0 aliphatic heterocycles. The number of amides is 2. The molecule has 0 saturated carbocycles. The Morgan fingerprint density at radius 2 is 1.93 bits per heavy atom. The summed E-state index contributed by atoms with van der Waals surface area (Å²) < 4.78 is 1.81. The Hall–Kier alpha value is -3.12. The van der Waals surface area contributed by atoms with E-state index in [2.05, 4.69) is 10.3 Å². The van der Waals surface area contributed by atoms with Gasteiger partial charge in [0.05, 0.1) is 5.69 Å². The predicted octanol–water partition coefficient (Wildman–Crippen LogP) is 4.27. The zero-order chi connectivity index (χ0) is 20.8. The van der Waals surface area contributed by atoms with Gasteiger partial charge in [-0.2, -0.15) is 0 Å². The summed E-state index contributed by atoms with van der Waals surface area (Å²) in [6.07, 6.45) is 5.64. The maximum Gasteiger partial charge on any atom is 0.247 e. The molecule has 0 bridgehead atoms. The van der Waals surface area contributed by atoms with Gasteiger partial charge in [0.2, 0.25) is 11.8 Å². The number of imidazole rings is 1. The van der Waals surface area contributed by atoms with Crippen LogP contribution >= 0.6 is 11.6 Å². The number of nitrogens with one attached hydrogen (secondary N) is 1. The average molecular weight is 411 g/mol. The number of anilines is 1. The molecule has 0 radical (unpaired) electrons. The number of pyridine rings is 1. The Morgan fingerprint density at radius 3 is 2.66 bits per heavy atom. The van der Waals surface area contributed by atoms with Gasteiger partial charge in [0.1, 0.15) is 11.7 Å². The van der Waals surface area contributed by atoms with E-state index in [1.807, 2.05) is 66.1 Å². The van der Waals surface area contributed by atoms with Gasteiger partial charge in [0.15, 0.2) is 5.15 Å². The molecule has 1 unspecified atom stereocenters. The number of fused-ring (bicyclic) bond motifs is 1. The lowest BCUT2D eigenvalue weighted by Gasteiger charge is -2.27. The van der Waals surface area contributed by atoms with Gasteiger partial charge in [-0.1, -0.05) is 42.8 Å². The van der Waals surface area contributed by atoms with Crippen LogP contribution in [-0.2, 0) is 9.59 Å². The zero-order valence-electron chi connectivity index (χ0n) is 16.4. The van der Waals surface area contributed by atoms with Gasteiger partial charge in [-0.3, -0.25) is 14.0 Å². The van der Waals surface area contributed by atoms with Crippen molar-refractivity contribution in [1.29, 1.82) is 0 Å². The summed E-state index contributed by atoms with van der Waals surface area (Å²) in [4.78, 5) is 31.3. The first-order valence-electron chi connectivity index (χ1n) is 9.48. The van der Waals surface area contributed by atoms with Gasteiger partial charge in [-0.25, -0.2) is 4.98 Å². The fraction of sp³-hybridized carbons (Fsp3) is 0.227. The molecule has 2 amide bonds. The first kappa shape index (κ1) is 20.6. The van der Waals surface area contributed by atoms with Crippen LogP contribution in [0, 0.1) is 0 Å². The normalized spacial score (nSPS) is 12.2. The first-order valence-corrected chi connectivity index (χ1v) is 9.86. The third kappa shape index (κ3) is 4.84. The monoisotopic (exact) mass is 410 g/mol. The molecule has 2 aromatic heterocycles. The largest absolute Gasteiger partial charge is 0.327 e. The van der Waals surface area contributed by atoms with E-state index in [1.54, 1.807) is 17.9 Å². The van der Waals surface area contributed by atoms with Crippen molar-refractivity contribution in [1.82, 2.24) is 14.3 Å². The number of benzene rings is 1. The smallest absolute Gasteiger partial charge is 0.247 e. The molecule has 3 aromatic rings. The van der Waals surface area contributed by atoms with Crippen LogP contribution in [0.25, 0.3) is 11.7 Å². The maximum atomic E-state index is 12.9. The van der Waals surface area contributed by atoms with Crippen LogP contribution in [0.15, 0.2) is 60.8 Å². The topological polar surface area (TPSA) is 66.7 Å². The van der Waals surface area contributed by atoms with E-state index >= 15 is 0 Å². The molecule has 29 heavy (non-hydrogen) atoms. The number of para-hydroxylation sites is 1. The molecule has 150 valence electrons. The standard InChI is InChI=1S/C22H23ClN4O2/c1-3-14-26(16(2)22(29)24-17-9-5-4-6-10-17)20(28)13-12-18-21(23)25-19-11-7-8-15-27(18)19/h4-13,15-16H,3,14H2,1-2H3,(H,24,29)/b13-12+. The highest BCUT2D eigenvalue weighted by molar-refractivity contribution is 6.31. The van der Waals surface area contributed by atoms with Gasteiger partial charge >= 0.3 is 0 Å². The molecule has 0 aliphatic carbocycles. The van der Waals surface area contributed by atoms with Gasteiger partial charge in [-0.15, -0.1) is 0 Å². The van der Waals surface area contributed by atoms with Crippen molar-refractivity contribution in [2.45, 2.75) is 26.3 Å². The van der Waals surface area contributed by atoms with Crippen molar-refractivity contribution >= 4 is 40.8 Å². The van der Waals surface area contributed by atoms with Crippen LogP contribution in [-0.4, -0.2) is 38.7 Å². The molecule has 2 heterocycles. The lowest BCUT2D eigenvalue weighted by Crippen LogP contribution is -2.45. The minimum absolute atomic E-state index is 0.237. The third-order valence-corrected chi connectivity index (χ3v) is 4.82. The zero-order valence-corrected chi connectivity index (χ0v) is 17.1. The second kappa shape index (κ2) is 9.39. The van der Waals surface area contributed by atoms with Crippen molar-refractivity contribution in [2.24, 2.45) is 0 Å². The summed E-state index contributed by atoms with van der Waals surface area (Å²) in [5.74, 6) is -0.497. The third-order valence-electron chi connectivity index (χ3n) is 4.54. The molecule has 0 fully saturated rings. The number of carbonyl (C=O) groups is 2. The van der Waals surface area contributed by atoms with Gasteiger partial charge in [0, 0.05) is 24.5 Å². The highest BCUT2D eigenvalue weighted by atomic mass is 35.5. The number of hydrogen-bond acceptors (Lipinski definition) is 3. The molecule has 0 aliphatic rings. The molecule has 0 saturated heterocycles. The van der Waals surface area contributed by atoms with Crippen molar-refractivity contribution in [3.63, 3.8) is 0 Å². The number of aromatic nitrogens is 2. The van der Waals surface area contributed by atoms with Gasteiger partial charge < -0.3 is 10.2 Å². The minimum atomic E-state index is -0.620. The summed E-state index contributed by atoms with van der Waals surface area (Å²) in [6.45, 7) is 4.15. The van der Waals surface area contributed by atoms with Crippen molar-refractivity contribution in [3.8, 4) is 0 Å². The molecule has 1 atom stereocenters. The Bertz CT molecular complexity index is 1030. The summed E-state index contributed by atoms with van der Waals surface area (Å²) in [7, 11) is 0. The Labute approximate surface area is 174 Å². The summed E-state index contributed by atoms with van der Waals surface area (Å²) in [6, 6.07) is 14.1. The van der Waals surface area contributed by atoms with Gasteiger partial charge in [-0.05, 0) is 43.7 Å². The molecule has 3 rings (SSSR count). The van der Waals surface area contributed by atoms with Crippen LogP contribution in [0.1, 0.15) is 26.0 Å². The molecule has 7 heteroatoms. The van der Waals surface area contributed by atoms with E-state index in [0.29, 0.717) is 28.7 Å². The fourth-order valence-corrected chi connectivity index (χ4v) is 3.27. The number of nitrogens with zero attached hydrogens (tertiary/aromatic N) is 3. The second-order valence-electron chi connectivity index (χ2n) is 6.61. The van der Waals surface area contributed by atoms with Crippen LogP contribution in [0.4, 0.5) is 5.69 Å². The quantitative estimate of drug-likeness (QED) is 0.591. The summed E-state index contributed by atoms with van der Waals surface area (Å²) in [5.41, 5.74) is 2.01. The maximum absolute atomic E-state index is 12.9. The van der Waals surface area contributed by atoms with Crippen molar-refractivity contribution in [3.05, 3.63) is 71.7 Å². The lowest BCUT2D eigenvalue weighted by molar-refractivity contribution is -0.134. The first-order chi connectivity index (χ1) is 14.0. The summed E-state index contributed by atoms with van der Waals surface area (Å²) >= 11 is 6.22. The molecule has 0 spiro atoms. The van der Waals surface area contributed by atoms with Crippen LogP contribution in [0.5, 0.6) is 0 Å². The summed E-state index contributed by atoms with van der Waals surface area (Å²) in [5, 5.41) is 3.16. The fourth-order valence-electron chi connectivity index (χ4n) is 3.03.